The van der Waals surface area contributed by atoms with E-state index in [9.17, 15) is 0 Å². The Morgan fingerprint density at radius 1 is 0.361 bits per heavy atom. The van der Waals surface area contributed by atoms with Crippen molar-refractivity contribution in [1.29, 1.82) is 0 Å². The van der Waals surface area contributed by atoms with E-state index in [0.717, 1.165) is 5.69 Å². The zero-order chi connectivity index (χ0) is 25.5. The molecule has 3 N–H and O–H groups in total. The van der Waals surface area contributed by atoms with E-state index in [0.29, 0.717) is 0 Å². The van der Waals surface area contributed by atoms with E-state index in [1.807, 2.05) is 30.3 Å². The molecule has 0 spiro atoms. The van der Waals surface area contributed by atoms with Gasteiger partial charge in [-0.25, -0.2) is 0 Å². The van der Waals surface area contributed by atoms with Crippen molar-refractivity contribution in [3.05, 3.63) is 150 Å². The lowest BCUT2D eigenvalue weighted by Crippen LogP contribution is -2.76. The fourth-order valence-electron chi connectivity index (χ4n) is 5.77. The van der Waals surface area contributed by atoms with Gasteiger partial charge in [0.1, 0.15) is 11.8 Å². The minimum atomic E-state index is -1.32. The van der Waals surface area contributed by atoms with Crippen LogP contribution in [0.15, 0.2) is 127 Å². The van der Waals surface area contributed by atoms with E-state index < -0.39 is 6.15 Å². The molecule has 36 heavy (non-hydrogen) atoms. The molecule has 0 amide bonds. The number of rotatable bonds is 4. The highest BCUT2D eigenvalue weighted by molar-refractivity contribution is 7.20. The van der Waals surface area contributed by atoms with Crippen LogP contribution in [0.3, 0.4) is 0 Å². The molecule has 0 fully saturated rings. The summed E-state index contributed by atoms with van der Waals surface area (Å²) in [7, 11) is 0. The van der Waals surface area contributed by atoms with Crippen LogP contribution in [0.4, 0.5) is 5.69 Å². The number of aryl methyl sites for hydroxylation is 4. The smallest absolute Gasteiger partial charge is 0.127 e. The largest absolute Gasteiger partial charge is 0.325 e. The molecule has 5 aromatic carbocycles. The number of hydrogen-bond donors (Lipinski definition) is 1. The first-order valence-electron chi connectivity index (χ1n) is 12.7. The van der Waals surface area contributed by atoms with Crippen LogP contribution in [0.1, 0.15) is 22.3 Å². The molecular weight excluding hydrogens is 433 g/mol. The quantitative estimate of drug-likeness (QED) is 0.364. The number of quaternary nitrogens is 1. The molecule has 0 bridgehead atoms. The molecule has 0 aliphatic heterocycles. The second kappa shape index (κ2) is 11.2. The van der Waals surface area contributed by atoms with Gasteiger partial charge in [0.15, 0.2) is 0 Å². The van der Waals surface area contributed by atoms with Crippen molar-refractivity contribution in [1.82, 2.24) is 0 Å². The van der Waals surface area contributed by atoms with Gasteiger partial charge in [-0.2, -0.15) is 21.9 Å². The van der Waals surface area contributed by atoms with E-state index in [-0.39, 0.29) is 0 Å². The average Bonchev–Trinajstić information content (AvgIpc) is 2.89. The maximum atomic E-state index is 3.72. The summed E-state index contributed by atoms with van der Waals surface area (Å²) in [5, 5.41) is 0. The monoisotopic (exact) mass is 469 g/mol. The summed E-state index contributed by atoms with van der Waals surface area (Å²) < 4.78 is 0. The second-order valence-electron chi connectivity index (χ2n) is 9.78. The SMILES string of the molecule is Cc1ccccc1[B-](c1ccccc1C)(c1ccccc1C)c1ccccc1C.[NH3+]c1ccccc1. The van der Waals surface area contributed by atoms with Crippen LogP contribution in [-0.2, 0) is 0 Å². The molecule has 0 saturated heterocycles. The Hall–Kier alpha value is -3.88. The van der Waals surface area contributed by atoms with Crippen LogP contribution < -0.4 is 27.6 Å². The summed E-state index contributed by atoms with van der Waals surface area (Å²) in [6, 6.07) is 45.5. The lowest BCUT2D eigenvalue weighted by molar-refractivity contribution is -0.254. The summed E-state index contributed by atoms with van der Waals surface area (Å²) in [6.45, 7) is 9.00. The van der Waals surface area contributed by atoms with E-state index in [1.165, 1.54) is 44.1 Å². The first kappa shape index (κ1) is 25.2. The standard InChI is InChI=1S/C28H28B.C6H7N/c1-21-13-5-9-17-25(21)29(26-18-10-6-14-22(26)2,27-19-11-7-15-23(27)3)28-20-12-8-16-24(28)4;7-6-4-2-1-3-5-6/h5-20H,1-4H3;1-5H,7H2/q-1;/p+1. The normalized spacial score (nSPS) is 10.9. The van der Waals surface area contributed by atoms with Gasteiger partial charge in [-0.1, -0.05) is 138 Å². The first-order chi connectivity index (χ1) is 17.5. The molecule has 0 atom stereocenters. The van der Waals surface area contributed by atoms with E-state index in [1.54, 1.807) is 0 Å². The van der Waals surface area contributed by atoms with Gasteiger partial charge in [0.2, 0.25) is 0 Å². The molecule has 5 aromatic rings. The Morgan fingerprint density at radius 2 is 0.611 bits per heavy atom. The van der Waals surface area contributed by atoms with Gasteiger partial charge in [-0.05, 0) is 39.8 Å². The van der Waals surface area contributed by atoms with E-state index in [4.69, 9.17) is 0 Å². The Bertz CT molecular complexity index is 1250. The summed E-state index contributed by atoms with van der Waals surface area (Å²) in [6.07, 6.45) is -1.32. The van der Waals surface area contributed by atoms with Crippen molar-refractivity contribution in [3.8, 4) is 0 Å². The predicted octanol–water partition coefficient (Wildman–Crippen LogP) is 4.86. The third kappa shape index (κ3) is 4.91. The molecule has 0 heterocycles. The Morgan fingerprint density at radius 3 is 0.833 bits per heavy atom. The highest BCUT2D eigenvalue weighted by Gasteiger charge is 2.35. The predicted molar refractivity (Wildman–Crippen MR) is 158 cm³/mol. The molecular formula is C34H36BN. The highest BCUT2D eigenvalue weighted by Crippen LogP contribution is 2.16. The van der Waals surface area contributed by atoms with Crippen molar-refractivity contribution in [3.63, 3.8) is 0 Å². The van der Waals surface area contributed by atoms with Crippen LogP contribution in [0.2, 0.25) is 0 Å². The molecule has 0 aromatic heterocycles. The van der Waals surface area contributed by atoms with Crippen LogP contribution in [0, 0.1) is 27.7 Å². The maximum absolute atomic E-state index is 3.72. The molecule has 0 saturated carbocycles. The minimum absolute atomic E-state index is 1.07. The Balaban J connectivity index is 0.000000375. The highest BCUT2D eigenvalue weighted by atomic mass is 14.5. The summed E-state index contributed by atoms with van der Waals surface area (Å²) in [5.74, 6) is 0. The minimum Gasteiger partial charge on any atom is -0.325 e. The molecule has 5 rings (SSSR count). The zero-order valence-electron chi connectivity index (χ0n) is 21.9. The van der Waals surface area contributed by atoms with E-state index >= 15 is 0 Å². The van der Waals surface area contributed by atoms with Gasteiger partial charge in [0.25, 0.3) is 0 Å². The maximum Gasteiger partial charge on any atom is 0.127 e. The molecule has 1 nitrogen and oxygen atoms in total. The van der Waals surface area contributed by atoms with Crippen LogP contribution in [-0.4, -0.2) is 6.15 Å². The average molecular weight is 469 g/mol. The molecule has 0 aliphatic rings. The molecule has 180 valence electrons. The van der Waals surface area contributed by atoms with Gasteiger partial charge in [-0.15, -0.1) is 0 Å². The summed E-state index contributed by atoms with van der Waals surface area (Å²) in [4.78, 5) is 0. The van der Waals surface area contributed by atoms with Gasteiger partial charge in [0.05, 0.1) is 0 Å². The Kier molecular flexibility index (Phi) is 7.88. The van der Waals surface area contributed by atoms with Gasteiger partial charge >= 0.3 is 0 Å². The van der Waals surface area contributed by atoms with Crippen molar-refractivity contribution in [2.75, 3.05) is 0 Å². The third-order valence-electron chi connectivity index (χ3n) is 7.46. The molecule has 2 heteroatoms. The topological polar surface area (TPSA) is 27.6 Å². The lowest BCUT2D eigenvalue weighted by Gasteiger charge is -2.48. The van der Waals surface area contributed by atoms with E-state index in [2.05, 4.69) is 130 Å². The van der Waals surface area contributed by atoms with Crippen molar-refractivity contribution < 1.29 is 5.73 Å². The van der Waals surface area contributed by atoms with Crippen molar-refractivity contribution >= 4 is 33.7 Å². The van der Waals surface area contributed by atoms with Crippen molar-refractivity contribution in [2.24, 2.45) is 0 Å². The fraction of sp³-hybridized carbons (Fsp3) is 0.118. The Labute approximate surface area is 216 Å². The van der Waals surface area contributed by atoms with Crippen LogP contribution in [0.25, 0.3) is 0 Å². The second-order valence-corrected chi connectivity index (χ2v) is 9.78. The molecule has 0 radical (unpaired) electrons. The van der Waals surface area contributed by atoms with Gasteiger partial charge < -0.3 is 5.73 Å². The fourth-order valence-corrected chi connectivity index (χ4v) is 5.77. The number of benzene rings is 5. The van der Waals surface area contributed by atoms with Crippen molar-refractivity contribution in [2.45, 2.75) is 27.7 Å². The zero-order valence-corrected chi connectivity index (χ0v) is 21.9. The lowest BCUT2D eigenvalue weighted by atomic mass is 9.11. The third-order valence-corrected chi connectivity index (χ3v) is 7.46. The van der Waals surface area contributed by atoms with Crippen LogP contribution >= 0.6 is 0 Å². The summed E-state index contributed by atoms with van der Waals surface area (Å²) >= 11 is 0. The number of hydrogen-bond acceptors (Lipinski definition) is 0. The van der Waals surface area contributed by atoms with Gasteiger partial charge in [-0.3, -0.25) is 0 Å². The van der Waals surface area contributed by atoms with Gasteiger partial charge in [0, 0.05) is 0 Å². The molecule has 0 aliphatic carbocycles. The first-order valence-corrected chi connectivity index (χ1v) is 12.7. The van der Waals surface area contributed by atoms with Crippen LogP contribution in [0.5, 0.6) is 0 Å². The molecule has 0 unspecified atom stereocenters. The summed E-state index contributed by atoms with van der Waals surface area (Å²) in [5.41, 5.74) is 15.8.